The minimum atomic E-state index is -0.340. The highest BCUT2D eigenvalue weighted by Crippen LogP contribution is 2.58. The lowest BCUT2D eigenvalue weighted by Gasteiger charge is -2.55. The van der Waals surface area contributed by atoms with Gasteiger partial charge in [-0.05, 0) is 49.9 Å². The maximum atomic E-state index is 11.1. The van der Waals surface area contributed by atoms with Gasteiger partial charge in [-0.2, -0.15) is 0 Å². The quantitative estimate of drug-likeness (QED) is 0.752. The van der Waals surface area contributed by atoms with Gasteiger partial charge < -0.3 is 10.2 Å². The van der Waals surface area contributed by atoms with Crippen molar-refractivity contribution in [2.24, 2.45) is 22.7 Å². The van der Waals surface area contributed by atoms with E-state index >= 15 is 0 Å². The van der Waals surface area contributed by atoms with E-state index in [1.807, 2.05) is 13.0 Å². The van der Waals surface area contributed by atoms with E-state index in [0.29, 0.717) is 18.3 Å². The zero-order valence-corrected chi connectivity index (χ0v) is 15.0. The van der Waals surface area contributed by atoms with E-state index in [4.69, 9.17) is 5.11 Å². The Morgan fingerprint density at radius 3 is 2.73 bits per heavy atom. The molecule has 2 nitrogen and oxygen atoms in total. The highest BCUT2D eigenvalue weighted by Gasteiger charge is 2.51. The van der Waals surface area contributed by atoms with E-state index in [1.165, 1.54) is 19.3 Å². The van der Waals surface area contributed by atoms with Crippen LogP contribution in [0.25, 0.3) is 0 Å². The Bertz CT molecular complexity index is 460. The monoisotopic (exact) mass is 306 g/mol. The number of fused-ring (bicyclic) bond motifs is 1. The number of hydrogen-bond donors (Lipinski definition) is 2. The van der Waals surface area contributed by atoms with Gasteiger partial charge in [-0.15, -0.1) is 0 Å². The standard InChI is InChI=1S/C20H34O2/c1-14(10-12-21)13-18(22)20(5)15(2)8-9-16-17(20)7-6-11-19(16,3)4/h9-10,15,17-18,21-22H,6-8,11-13H2,1-5H3/b14-10+/t15-,17+,18-,20+/m1/s1. The van der Waals surface area contributed by atoms with Crippen LogP contribution in [0.2, 0.25) is 0 Å². The van der Waals surface area contributed by atoms with Crippen LogP contribution in [-0.4, -0.2) is 22.9 Å². The van der Waals surface area contributed by atoms with E-state index in [1.54, 1.807) is 5.57 Å². The lowest BCUT2D eigenvalue weighted by molar-refractivity contribution is -0.0557. The van der Waals surface area contributed by atoms with Crippen LogP contribution < -0.4 is 0 Å². The molecule has 2 rings (SSSR count). The van der Waals surface area contributed by atoms with Crippen molar-refractivity contribution in [2.75, 3.05) is 6.61 Å². The molecule has 126 valence electrons. The molecule has 2 heteroatoms. The number of aliphatic hydroxyl groups excluding tert-OH is 2. The van der Waals surface area contributed by atoms with E-state index in [9.17, 15) is 5.11 Å². The Morgan fingerprint density at radius 2 is 2.09 bits per heavy atom. The van der Waals surface area contributed by atoms with Crippen molar-refractivity contribution in [3.05, 3.63) is 23.3 Å². The van der Waals surface area contributed by atoms with E-state index < -0.39 is 0 Å². The van der Waals surface area contributed by atoms with Gasteiger partial charge >= 0.3 is 0 Å². The molecule has 2 aliphatic rings. The second-order valence-corrected chi connectivity index (χ2v) is 8.44. The van der Waals surface area contributed by atoms with Gasteiger partial charge in [0, 0.05) is 5.41 Å². The van der Waals surface area contributed by atoms with Crippen LogP contribution in [0.1, 0.15) is 66.7 Å². The molecular weight excluding hydrogens is 272 g/mol. The average Bonchev–Trinajstić information content (AvgIpc) is 2.42. The maximum absolute atomic E-state index is 11.1. The fourth-order valence-electron chi connectivity index (χ4n) is 4.81. The highest BCUT2D eigenvalue weighted by molar-refractivity contribution is 5.26. The van der Waals surface area contributed by atoms with Crippen LogP contribution in [0.15, 0.2) is 23.3 Å². The Hall–Kier alpha value is -0.600. The molecule has 0 aromatic carbocycles. The zero-order valence-electron chi connectivity index (χ0n) is 15.0. The van der Waals surface area contributed by atoms with Crippen LogP contribution in [0.5, 0.6) is 0 Å². The van der Waals surface area contributed by atoms with Gasteiger partial charge in [0.25, 0.3) is 0 Å². The average molecular weight is 306 g/mol. The SMILES string of the molecule is C/C(=C\CO)C[C@@H](O)[C@@]1(C)[C@H](C)CC=C2[C@@H]1CCCC2(C)C. The van der Waals surface area contributed by atoms with Gasteiger partial charge in [0.05, 0.1) is 12.7 Å². The molecule has 0 heterocycles. The van der Waals surface area contributed by atoms with Gasteiger partial charge in [-0.3, -0.25) is 0 Å². The summed E-state index contributed by atoms with van der Waals surface area (Å²) in [6, 6.07) is 0. The predicted molar refractivity (Wildman–Crippen MR) is 92.6 cm³/mol. The molecule has 2 N–H and O–H groups in total. The fraction of sp³-hybridized carbons (Fsp3) is 0.800. The third kappa shape index (κ3) is 3.05. The summed E-state index contributed by atoms with van der Waals surface area (Å²) < 4.78 is 0. The van der Waals surface area contributed by atoms with Crippen molar-refractivity contribution in [1.82, 2.24) is 0 Å². The van der Waals surface area contributed by atoms with Crippen molar-refractivity contribution in [2.45, 2.75) is 72.8 Å². The summed E-state index contributed by atoms with van der Waals surface area (Å²) in [5.41, 5.74) is 2.89. The molecule has 0 bridgehead atoms. The molecule has 1 fully saturated rings. The largest absolute Gasteiger partial charge is 0.392 e. The van der Waals surface area contributed by atoms with Crippen LogP contribution >= 0.6 is 0 Å². The summed E-state index contributed by atoms with van der Waals surface area (Å²) in [4.78, 5) is 0. The Kier molecular flexibility index (Phi) is 5.23. The number of aliphatic hydroxyl groups is 2. The Labute approximate surface area is 136 Å². The van der Waals surface area contributed by atoms with Crippen LogP contribution in [0.3, 0.4) is 0 Å². The van der Waals surface area contributed by atoms with Gasteiger partial charge in [0.15, 0.2) is 0 Å². The molecule has 0 unspecified atom stereocenters. The first kappa shape index (κ1) is 17.7. The molecule has 0 aromatic rings. The Balaban J connectivity index is 2.31. The summed E-state index contributed by atoms with van der Waals surface area (Å²) in [7, 11) is 0. The fourth-order valence-corrected chi connectivity index (χ4v) is 4.81. The second kappa shape index (κ2) is 6.49. The third-order valence-corrected chi connectivity index (χ3v) is 6.63. The highest BCUT2D eigenvalue weighted by atomic mass is 16.3. The molecule has 0 spiro atoms. The molecule has 0 aliphatic heterocycles. The number of rotatable bonds is 4. The van der Waals surface area contributed by atoms with Crippen LogP contribution in [-0.2, 0) is 0 Å². The zero-order chi connectivity index (χ0) is 16.5. The van der Waals surface area contributed by atoms with Crippen LogP contribution in [0, 0.1) is 22.7 Å². The van der Waals surface area contributed by atoms with Crippen molar-refractivity contribution >= 4 is 0 Å². The number of hydrogen-bond acceptors (Lipinski definition) is 2. The third-order valence-electron chi connectivity index (χ3n) is 6.63. The summed E-state index contributed by atoms with van der Waals surface area (Å²) in [5.74, 6) is 0.990. The summed E-state index contributed by atoms with van der Waals surface area (Å²) >= 11 is 0. The lowest BCUT2D eigenvalue weighted by atomic mass is 9.51. The summed E-state index contributed by atoms with van der Waals surface area (Å²) in [6.45, 7) is 11.4. The van der Waals surface area contributed by atoms with Crippen LogP contribution in [0.4, 0.5) is 0 Å². The first-order valence-corrected chi connectivity index (χ1v) is 8.88. The topological polar surface area (TPSA) is 40.5 Å². The van der Waals surface area contributed by atoms with Gasteiger partial charge in [-0.25, -0.2) is 0 Å². The minimum Gasteiger partial charge on any atom is -0.392 e. The molecule has 4 atom stereocenters. The smallest absolute Gasteiger partial charge is 0.0639 e. The van der Waals surface area contributed by atoms with Crippen molar-refractivity contribution in [1.29, 1.82) is 0 Å². The summed E-state index contributed by atoms with van der Waals surface area (Å²) in [6.07, 6.45) is 9.43. The van der Waals surface area contributed by atoms with Gasteiger partial charge in [0.2, 0.25) is 0 Å². The van der Waals surface area contributed by atoms with Crippen molar-refractivity contribution in [3.63, 3.8) is 0 Å². The van der Waals surface area contributed by atoms with Crippen molar-refractivity contribution in [3.8, 4) is 0 Å². The molecule has 0 radical (unpaired) electrons. The number of allylic oxidation sites excluding steroid dienone is 2. The van der Waals surface area contributed by atoms with E-state index in [-0.39, 0.29) is 23.5 Å². The molecular formula is C20H34O2. The van der Waals surface area contributed by atoms with Gasteiger partial charge in [0.1, 0.15) is 0 Å². The Morgan fingerprint density at radius 1 is 1.41 bits per heavy atom. The normalized spacial score (nSPS) is 36.5. The van der Waals surface area contributed by atoms with Gasteiger partial charge in [-0.1, -0.05) is 57.4 Å². The molecule has 0 amide bonds. The molecule has 1 saturated carbocycles. The first-order valence-electron chi connectivity index (χ1n) is 8.88. The molecule has 0 saturated heterocycles. The minimum absolute atomic E-state index is 0.0619. The maximum Gasteiger partial charge on any atom is 0.0639 e. The lowest BCUT2D eigenvalue weighted by Crippen LogP contribution is -2.50. The molecule has 0 aromatic heterocycles. The molecule has 22 heavy (non-hydrogen) atoms. The second-order valence-electron chi connectivity index (χ2n) is 8.44. The van der Waals surface area contributed by atoms with Crippen molar-refractivity contribution < 1.29 is 10.2 Å². The predicted octanol–water partition coefficient (Wildman–Crippen LogP) is 4.47. The van der Waals surface area contributed by atoms with E-state index in [0.717, 1.165) is 12.0 Å². The molecule has 2 aliphatic carbocycles. The summed E-state index contributed by atoms with van der Waals surface area (Å²) in [5, 5.41) is 20.1. The first-order chi connectivity index (χ1) is 10.2. The van der Waals surface area contributed by atoms with E-state index in [2.05, 4.69) is 33.8 Å².